The summed E-state index contributed by atoms with van der Waals surface area (Å²) in [4.78, 5) is 34.9. The second-order valence-corrected chi connectivity index (χ2v) is 7.83. The summed E-state index contributed by atoms with van der Waals surface area (Å²) in [6.07, 6.45) is 4.75. The van der Waals surface area contributed by atoms with Crippen LogP contribution in [0, 0.1) is 5.92 Å². The predicted molar refractivity (Wildman–Crippen MR) is 115 cm³/mol. The molecule has 0 spiro atoms. The third-order valence-electron chi connectivity index (χ3n) is 5.63. The minimum atomic E-state index is -0.338. The number of ketones is 1. The summed E-state index contributed by atoms with van der Waals surface area (Å²) in [6, 6.07) is 12.0. The lowest BCUT2D eigenvalue weighted by molar-refractivity contribution is -0.133. The second kappa shape index (κ2) is 8.14. The van der Waals surface area contributed by atoms with Crippen molar-refractivity contribution in [2.75, 3.05) is 21.2 Å². The topological polar surface area (TPSA) is 75.3 Å². The largest absolute Gasteiger partial charge is 0.494 e. The maximum Gasteiger partial charge on any atom is 0.226 e. The first-order chi connectivity index (χ1) is 14.5. The number of benzene rings is 1. The van der Waals surface area contributed by atoms with Gasteiger partial charge in [0.2, 0.25) is 5.91 Å². The summed E-state index contributed by atoms with van der Waals surface area (Å²) >= 11 is 0. The number of amides is 1. The third kappa shape index (κ3) is 3.61. The number of fused-ring (bicyclic) bond motifs is 1. The Labute approximate surface area is 175 Å². The van der Waals surface area contributed by atoms with Crippen molar-refractivity contribution in [3.8, 4) is 17.0 Å². The van der Waals surface area contributed by atoms with E-state index in [2.05, 4.69) is 22.1 Å². The first-order valence-corrected chi connectivity index (χ1v) is 10.00. The van der Waals surface area contributed by atoms with Crippen molar-refractivity contribution < 1.29 is 14.3 Å². The summed E-state index contributed by atoms with van der Waals surface area (Å²) in [6.45, 7) is 0. The number of rotatable bonds is 5. The highest BCUT2D eigenvalue weighted by molar-refractivity contribution is 6.04. The highest BCUT2D eigenvalue weighted by Crippen LogP contribution is 2.39. The molecule has 2 heterocycles. The third-order valence-corrected chi connectivity index (χ3v) is 5.63. The van der Waals surface area contributed by atoms with Crippen molar-refractivity contribution in [2.45, 2.75) is 19.3 Å². The van der Waals surface area contributed by atoms with E-state index in [1.165, 1.54) is 0 Å². The molecule has 30 heavy (non-hydrogen) atoms. The van der Waals surface area contributed by atoms with E-state index in [4.69, 9.17) is 4.74 Å². The molecule has 0 aliphatic heterocycles. The van der Waals surface area contributed by atoms with Gasteiger partial charge in [0.25, 0.3) is 0 Å². The highest BCUT2D eigenvalue weighted by atomic mass is 16.5. The van der Waals surface area contributed by atoms with Crippen LogP contribution in [0.25, 0.3) is 11.3 Å². The molecule has 3 aromatic rings. The van der Waals surface area contributed by atoms with Gasteiger partial charge in [0, 0.05) is 56.4 Å². The molecule has 0 radical (unpaired) electrons. The van der Waals surface area contributed by atoms with Gasteiger partial charge in [0.1, 0.15) is 5.75 Å². The van der Waals surface area contributed by atoms with Crippen LogP contribution >= 0.6 is 0 Å². The Morgan fingerprint density at radius 3 is 2.67 bits per heavy atom. The fourth-order valence-corrected chi connectivity index (χ4v) is 4.23. The molecule has 6 nitrogen and oxygen atoms in total. The molecule has 4 rings (SSSR count). The lowest BCUT2D eigenvalue weighted by Crippen LogP contribution is -2.35. The Bertz CT molecular complexity index is 1090. The normalized spacial score (nSPS) is 15.6. The number of hydrogen-bond acceptors (Lipinski definition) is 4. The van der Waals surface area contributed by atoms with Crippen LogP contribution in [0.4, 0.5) is 0 Å². The molecule has 154 valence electrons. The molecule has 1 unspecified atom stereocenters. The molecular formula is C24H25N3O3. The summed E-state index contributed by atoms with van der Waals surface area (Å²) in [7, 11) is 5.06. The summed E-state index contributed by atoms with van der Waals surface area (Å²) in [5, 5.41) is 0. The Kier molecular flexibility index (Phi) is 5.40. The molecule has 1 amide bonds. The van der Waals surface area contributed by atoms with E-state index in [-0.39, 0.29) is 24.0 Å². The van der Waals surface area contributed by atoms with Crippen molar-refractivity contribution in [3.63, 3.8) is 0 Å². The molecule has 6 heteroatoms. The number of methoxy groups -OCH3 is 1. The summed E-state index contributed by atoms with van der Waals surface area (Å²) < 4.78 is 5.53. The van der Waals surface area contributed by atoms with Gasteiger partial charge >= 0.3 is 0 Å². The van der Waals surface area contributed by atoms with Crippen molar-refractivity contribution in [1.29, 1.82) is 0 Å². The zero-order chi connectivity index (χ0) is 21.3. The van der Waals surface area contributed by atoms with Crippen molar-refractivity contribution in [1.82, 2.24) is 14.9 Å². The van der Waals surface area contributed by atoms with Crippen LogP contribution < -0.4 is 4.74 Å². The van der Waals surface area contributed by atoms with Crippen LogP contribution in [-0.2, 0) is 17.6 Å². The van der Waals surface area contributed by atoms with Crippen LogP contribution in [0.15, 0.2) is 48.8 Å². The molecule has 2 aromatic heterocycles. The fourth-order valence-electron chi connectivity index (χ4n) is 4.23. The number of aromatic amines is 1. The lowest BCUT2D eigenvalue weighted by atomic mass is 9.83. The zero-order valence-corrected chi connectivity index (χ0v) is 17.4. The van der Waals surface area contributed by atoms with Gasteiger partial charge in [-0.2, -0.15) is 0 Å². The number of pyridine rings is 1. The molecule has 1 aromatic carbocycles. The quantitative estimate of drug-likeness (QED) is 0.707. The Morgan fingerprint density at radius 1 is 1.20 bits per heavy atom. The van der Waals surface area contributed by atoms with E-state index in [9.17, 15) is 9.59 Å². The number of carbonyl (C=O) groups excluding carboxylic acids is 2. The van der Waals surface area contributed by atoms with Gasteiger partial charge in [0.15, 0.2) is 5.78 Å². The Morgan fingerprint density at radius 2 is 1.97 bits per heavy atom. The van der Waals surface area contributed by atoms with Gasteiger partial charge in [-0.3, -0.25) is 14.6 Å². The van der Waals surface area contributed by atoms with Gasteiger partial charge in [0.05, 0.1) is 24.9 Å². The molecule has 1 aliphatic rings. The lowest BCUT2D eigenvalue weighted by Gasteiger charge is -2.24. The minimum Gasteiger partial charge on any atom is -0.494 e. The first-order valence-electron chi connectivity index (χ1n) is 10.00. The predicted octanol–water partition coefficient (Wildman–Crippen LogP) is 3.51. The molecule has 0 bridgehead atoms. The number of nitrogens with zero attached hydrogens (tertiary/aromatic N) is 2. The average Bonchev–Trinajstić information content (AvgIpc) is 3.12. The van der Waals surface area contributed by atoms with E-state index >= 15 is 0 Å². The van der Waals surface area contributed by atoms with Gasteiger partial charge < -0.3 is 14.6 Å². The number of ether oxygens (including phenoxy) is 1. The van der Waals surface area contributed by atoms with Crippen LogP contribution in [0.2, 0.25) is 0 Å². The number of hydrogen-bond donors (Lipinski definition) is 1. The molecular weight excluding hydrogens is 378 g/mol. The molecule has 0 saturated heterocycles. The van der Waals surface area contributed by atoms with Crippen molar-refractivity contribution >= 4 is 11.7 Å². The van der Waals surface area contributed by atoms with Crippen LogP contribution in [0.3, 0.4) is 0 Å². The second-order valence-electron chi connectivity index (χ2n) is 7.83. The summed E-state index contributed by atoms with van der Waals surface area (Å²) in [5.41, 5.74) is 5.32. The van der Waals surface area contributed by atoms with Crippen LogP contribution in [-0.4, -0.2) is 47.8 Å². The average molecular weight is 403 g/mol. The standard InChI is InChI=1S/C24H25N3O3/c1-27(2)24(29)16-12-19-22(20(28)13-16)18(11-15-7-5-4-6-8-15)23(26-19)17-9-10-25-14-21(17)30-3/h4-10,14,16,26H,11-13H2,1-3H3. The van der Waals surface area contributed by atoms with Gasteiger partial charge in [-0.15, -0.1) is 0 Å². The molecule has 0 fully saturated rings. The number of H-pyrrole nitrogens is 1. The first kappa shape index (κ1) is 19.9. The van der Waals surface area contributed by atoms with E-state index in [1.54, 1.807) is 38.5 Å². The Hall–Kier alpha value is -3.41. The maximum absolute atomic E-state index is 13.2. The highest BCUT2D eigenvalue weighted by Gasteiger charge is 2.35. The number of Topliss-reactive ketones (excluding diaryl/α,β-unsaturated/α-hetero) is 1. The van der Waals surface area contributed by atoms with Crippen LogP contribution in [0.1, 0.15) is 33.6 Å². The van der Waals surface area contributed by atoms with Gasteiger partial charge in [-0.05, 0) is 17.2 Å². The summed E-state index contributed by atoms with van der Waals surface area (Å²) in [5.74, 6) is 0.295. The number of nitrogens with one attached hydrogen (secondary N) is 1. The van der Waals surface area contributed by atoms with E-state index in [1.807, 2.05) is 24.3 Å². The van der Waals surface area contributed by atoms with Crippen molar-refractivity contribution in [3.05, 3.63) is 71.2 Å². The maximum atomic E-state index is 13.2. The van der Waals surface area contributed by atoms with E-state index in [0.29, 0.717) is 18.6 Å². The Balaban J connectivity index is 1.85. The van der Waals surface area contributed by atoms with Crippen molar-refractivity contribution in [2.24, 2.45) is 5.92 Å². The molecule has 1 N–H and O–H groups in total. The van der Waals surface area contributed by atoms with Gasteiger partial charge in [-0.1, -0.05) is 30.3 Å². The van der Waals surface area contributed by atoms with Crippen LogP contribution in [0.5, 0.6) is 5.75 Å². The number of carbonyl (C=O) groups is 2. The van der Waals surface area contributed by atoms with E-state index in [0.717, 1.165) is 33.6 Å². The van der Waals surface area contributed by atoms with E-state index < -0.39 is 0 Å². The fraction of sp³-hybridized carbons (Fsp3) is 0.292. The monoisotopic (exact) mass is 403 g/mol. The zero-order valence-electron chi connectivity index (χ0n) is 17.4. The molecule has 0 saturated carbocycles. The molecule has 1 aliphatic carbocycles. The minimum absolute atomic E-state index is 0.0119. The van der Waals surface area contributed by atoms with Gasteiger partial charge in [-0.25, -0.2) is 0 Å². The molecule has 1 atom stereocenters. The number of aromatic nitrogens is 2. The SMILES string of the molecule is COc1cnccc1-c1[nH]c2c(c1Cc1ccccc1)C(=O)CC(C(=O)N(C)C)C2. The smallest absolute Gasteiger partial charge is 0.226 e.